The Morgan fingerprint density at radius 1 is 1.41 bits per heavy atom. The summed E-state index contributed by atoms with van der Waals surface area (Å²) >= 11 is 1.38. The SMILES string of the molecule is COc1ccc(F)cc1CS[C@@H](C)C(=O)Nc1ncccn1. The maximum atomic E-state index is 13.3. The molecule has 1 atom stereocenters. The lowest BCUT2D eigenvalue weighted by atomic mass is 10.2. The minimum Gasteiger partial charge on any atom is -0.496 e. The van der Waals surface area contributed by atoms with Gasteiger partial charge in [-0.15, -0.1) is 11.8 Å². The summed E-state index contributed by atoms with van der Waals surface area (Å²) in [5, 5.41) is 2.29. The lowest BCUT2D eigenvalue weighted by Crippen LogP contribution is -2.23. The number of aromatic nitrogens is 2. The van der Waals surface area contributed by atoms with Crippen molar-refractivity contribution < 1.29 is 13.9 Å². The van der Waals surface area contributed by atoms with Gasteiger partial charge < -0.3 is 4.74 Å². The van der Waals surface area contributed by atoms with Crippen LogP contribution in [-0.2, 0) is 10.5 Å². The first-order valence-electron chi connectivity index (χ1n) is 6.62. The highest BCUT2D eigenvalue weighted by Gasteiger charge is 2.16. The molecule has 1 aromatic carbocycles. The number of nitrogens with one attached hydrogen (secondary N) is 1. The molecule has 116 valence electrons. The van der Waals surface area contributed by atoms with Crippen molar-refractivity contribution in [1.82, 2.24) is 9.97 Å². The Bertz CT molecular complexity index is 640. The van der Waals surface area contributed by atoms with E-state index in [9.17, 15) is 9.18 Å². The molecule has 1 heterocycles. The molecule has 2 aromatic rings. The minimum atomic E-state index is -0.336. The molecule has 2 rings (SSSR count). The van der Waals surface area contributed by atoms with Crippen molar-refractivity contribution in [2.24, 2.45) is 0 Å². The van der Waals surface area contributed by atoms with Crippen LogP contribution in [0.2, 0.25) is 0 Å². The number of ether oxygens (including phenoxy) is 1. The van der Waals surface area contributed by atoms with Crippen LogP contribution in [0.1, 0.15) is 12.5 Å². The molecular formula is C15H16FN3O2S. The second-order valence-electron chi connectivity index (χ2n) is 4.47. The molecule has 0 bridgehead atoms. The quantitative estimate of drug-likeness (QED) is 0.886. The summed E-state index contributed by atoms with van der Waals surface area (Å²) in [5.74, 6) is 0.805. The van der Waals surface area contributed by atoms with Crippen molar-refractivity contribution in [2.45, 2.75) is 17.9 Å². The largest absolute Gasteiger partial charge is 0.496 e. The molecule has 0 spiro atoms. The number of halogens is 1. The van der Waals surface area contributed by atoms with E-state index in [2.05, 4.69) is 15.3 Å². The maximum absolute atomic E-state index is 13.3. The molecular weight excluding hydrogens is 305 g/mol. The number of nitrogens with zero attached hydrogens (tertiary/aromatic N) is 2. The second-order valence-corrected chi connectivity index (χ2v) is 5.80. The molecule has 0 aliphatic heterocycles. The van der Waals surface area contributed by atoms with E-state index in [-0.39, 0.29) is 22.9 Å². The summed E-state index contributed by atoms with van der Waals surface area (Å²) in [4.78, 5) is 19.9. The van der Waals surface area contributed by atoms with Gasteiger partial charge in [0, 0.05) is 23.7 Å². The zero-order chi connectivity index (χ0) is 15.9. The number of hydrogen-bond acceptors (Lipinski definition) is 5. The summed E-state index contributed by atoms with van der Waals surface area (Å²) in [5.41, 5.74) is 0.711. The number of hydrogen-bond donors (Lipinski definition) is 1. The van der Waals surface area contributed by atoms with Gasteiger partial charge in [0.2, 0.25) is 11.9 Å². The summed E-state index contributed by atoms with van der Waals surface area (Å²) < 4.78 is 18.5. The van der Waals surface area contributed by atoms with Crippen molar-refractivity contribution in [2.75, 3.05) is 12.4 Å². The molecule has 0 saturated heterocycles. The number of carbonyl (C=O) groups is 1. The van der Waals surface area contributed by atoms with E-state index >= 15 is 0 Å². The molecule has 0 aliphatic carbocycles. The van der Waals surface area contributed by atoms with E-state index in [1.165, 1.54) is 31.0 Å². The molecule has 1 amide bonds. The molecule has 0 aliphatic rings. The lowest BCUT2D eigenvalue weighted by molar-refractivity contribution is -0.115. The van der Waals surface area contributed by atoms with Crippen LogP contribution in [0.25, 0.3) is 0 Å². The van der Waals surface area contributed by atoms with Crippen LogP contribution in [0.15, 0.2) is 36.7 Å². The number of amides is 1. The van der Waals surface area contributed by atoms with Crippen molar-refractivity contribution in [3.8, 4) is 5.75 Å². The second kappa shape index (κ2) is 7.74. The zero-order valence-corrected chi connectivity index (χ0v) is 13.1. The first-order chi connectivity index (χ1) is 10.6. The van der Waals surface area contributed by atoms with Crippen molar-refractivity contribution in [1.29, 1.82) is 0 Å². The summed E-state index contributed by atoms with van der Waals surface area (Å²) in [6, 6.07) is 6.00. The lowest BCUT2D eigenvalue weighted by Gasteiger charge is -2.13. The Kier molecular flexibility index (Phi) is 5.71. The zero-order valence-electron chi connectivity index (χ0n) is 12.2. The van der Waals surface area contributed by atoms with Crippen molar-refractivity contribution >= 4 is 23.6 Å². The van der Waals surface area contributed by atoms with Gasteiger partial charge in [0.15, 0.2) is 0 Å². The van der Waals surface area contributed by atoms with Crippen LogP contribution in [0, 0.1) is 5.82 Å². The van der Waals surface area contributed by atoms with Gasteiger partial charge in [0.05, 0.1) is 12.4 Å². The van der Waals surface area contributed by atoms with Crippen LogP contribution in [0.3, 0.4) is 0 Å². The number of rotatable bonds is 6. The Balaban J connectivity index is 1.93. The van der Waals surface area contributed by atoms with Gasteiger partial charge >= 0.3 is 0 Å². The number of thioether (sulfide) groups is 1. The minimum absolute atomic E-state index is 0.202. The average Bonchev–Trinajstić information content (AvgIpc) is 2.53. The van der Waals surface area contributed by atoms with E-state index in [0.29, 0.717) is 17.1 Å². The van der Waals surface area contributed by atoms with Gasteiger partial charge in [0.1, 0.15) is 11.6 Å². The Labute approximate surface area is 132 Å². The van der Waals surface area contributed by atoms with Gasteiger partial charge in [-0.3, -0.25) is 10.1 Å². The summed E-state index contributed by atoms with van der Waals surface area (Å²) in [6.07, 6.45) is 3.11. The third-order valence-corrected chi connectivity index (χ3v) is 4.09. The topological polar surface area (TPSA) is 64.1 Å². The first-order valence-corrected chi connectivity index (χ1v) is 7.67. The molecule has 5 nitrogen and oxygen atoms in total. The maximum Gasteiger partial charge on any atom is 0.239 e. The van der Waals surface area contributed by atoms with Crippen LogP contribution in [-0.4, -0.2) is 28.2 Å². The van der Waals surface area contributed by atoms with Gasteiger partial charge in [0.25, 0.3) is 0 Å². The third-order valence-electron chi connectivity index (χ3n) is 2.90. The normalized spacial score (nSPS) is 11.8. The van der Waals surface area contributed by atoms with E-state index in [1.807, 2.05) is 0 Å². The summed E-state index contributed by atoms with van der Waals surface area (Å²) in [7, 11) is 1.53. The van der Waals surface area contributed by atoms with E-state index < -0.39 is 0 Å². The molecule has 22 heavy (non-hydrogen) atoms. The number of benzene rings is 1. The van der Waals surface area contributed by atoms with Gasteiger partial charge in [-0.2, -0.15) is 0 Å². The van der Waals surface area contributed by atoms with Gasteiger partial charge in [-0.1, -0.05) is 0 Å². The Morgan fingerprint density at radius 2 is 2.14 bits per heavy atom. The fraction of sp³-hybridized carbons (Fsp3) is 0.267. The van der Waals surface area contributed by atoms with Crippen LogP contribution >= 0.6 is 11.8 Å². The molecule has 1 N–H and O–H groups in total. The molecule has 0 fully saturated rings. The standard InChI is InChI=1S/C15H16FN3O2S/c1-10(14(20)19-15-17-6-3-7-18-15)22-9-11-8-12(16)4-5-13(11)21-2/h3-8,10H,9H2,1-2H3,(H,17,18,19,20)/t10-/m0/s1. The average molecular weight is 321 g/mol. The van der Waals surface area contributed by atoms with E-state index in [1.54, 1.807) is 31.5 Å². The highest BCUT2D eigenvalue weighted by atomic mass is 32.2. The predicted molar refractivity (Wildman–Crippen MR) is 84.4 cm³/mol. The van der Waals surface area contributed by atoms with Crippen molar-refractivity contribution in [3.63, 3.8) is 0 Å². The molecule has 0 saturated carbocycles. The predicted octanol–water partition coefficient (Wildman–Crippen LogP) is 2.88. The number of carbonyl (C=O) groups excluding carboxylic acids is 1. The Hall–Kier alpha value is -2.15. The van der Waals surface area contributed by atoms with E-state index in [4.69, 9.17) is 4.74 Å². The van der Waals surface area contributed by atoms with Crippen LogP contribution in [0.4, 0.5) is 10.3 Å². The van der Waals surface area contributed by atoms with Crippen molar-refractivity contribution in [3.05, 3.63) is 48.0 Å². The smallest absolute Gasteiger partial charge is 0.239 e. The van der Waals surface area contributed by atoms with Gasteiger partial charge in [-0.05, 0) is 31.2 Å². The Morgan fingerprint density at radius 3 is 2.82 bits per heavy atom. The first kappa shape index (κ1) is 16.2. The summed E-state index contributed by atoms with van der Waals surface area (Å²) in [6.45, 7) is 1.77. The van der Waals surface area contributed by atoms with E-state index in [0.717, 1.165) is 0 Å². The number of anilines is 1. The van der Waals surface area contributed by atoms with Gasteiger partial charge in [-0.25, -0.2) is 14.4 Å². The monoisotopic (exact) mass is 321 g/mol. The molecule has 1 aromatic heterocycles. The highest BCUT2D eigenvalue weighted by molar-refractivity contribution is 7.99. The van der Waals surface area contributed by atoms with Crippen LogP contribution in [0.5, 0.6) is 5.75 Å². The van der Waals surface area contributed by atoms with Crippen LogP contribution < -0.4 is 10.1 Å². The third kappa shape index (κ3) is 4.42. The molecule has 0 unspecified atom stereocenters. The molecule has 0 radical (unpaired) electrons. The molecule has 7 heteroatoms. The number of methoxy groups -OCH3 is 1. The highest BCUT2D eigenvalue weighted by Crippen LogP contribution is 2.26. The fourth-order valence-corrected chi connectivity index (χ4v) is 2.59. The fourth-order valence-electron chi connectivity index (χ4n) is 1.73.